The lowest BCUT2D eigenvalue weighted by atomic mass is 10.1. The minimum atomic E-state index is -1.54. The van der Waals surface area contributed by atoms with Crippen LogP contribution in [0.4, 0.5) is 0 Å². The lowest BCUT2D eigenvalue weighted by Crippen LogP contribution is -2.60. The number of rotatable bonds is 15. The first-order valence-corrected chi connectivity index (χ1v) is 11.2. The van der Waals surface area contributed by atoms with E-state index in [1.54, 1.807) is 30.3 Å². The fourth-order valence-corrected chi connectivity index (χ4v) is 3.09. The molecule has 1 aromatic rings. The molecule has 14 heteroatoms. The number of aliphatic hydroxyl groups excluding tert-OH is 2. The Kier molecular flexibility index (Phi) is 12.9. The molecule has 0 heterocycles. The van der Waals surface area contributed by atoms with Crippen LogP contribution in [0.25, 0.3) is 0 Å². The van der Waals surface area contributed by atoms with Gasteiger partial charge in [-0.3, -0.25) is 19.4 Å². The molecule has 0 saturated heterocycles. The molecule has 0 spiro atoms. The summed E-state index contributed by atoms with van der Waals surface area (Å²) in [6, 6.07) is 3.18. The van der Waals surface area contributed by atoms with Crippen LogP contribution in [0.5, 0.6) is 0 Å². The van der Waals surface area contributed by atoms with Crippen molar-refractivity contribution in [3.05, 3.63) is 35.9 Å². The Hall–Kier alpha value is -3.75. The number of aliphatic carboxylic acids is 1. The number of carbonyl (C=O) groups is 4. The highest BCUT2D eigenvalue weighted by molar-refractivity contribution is 5.94. The number of nitrogens with zero attached hydrogens (tertiary/aromatic N) is 1. The van der Waals surface area contributed by atoms with Gasteiger partial charge in [0.2, 0.25) is 17.7 Å². The Balaban J connectivity index is 2.76. The predicted octanol–water partition coefficient (Wildman–Crippen LogP) is -3.48. The highest BCUT2D eigenvalue weighted by Gasteiger charge is 2.32. The van der Waals surface area contributed by atoms with Gasteiger partial charge in [-0.1, -0.05) is 30.3 Å². The van der Waals surface area contributed by atoms with Crippen LogP contribution in [0.2, 0.25) is 0 Å². The number of carboxylic acid groups (broad SMARTS) is 1. The number of amides is 3. The zero-order valence-corrected chi connectivity index (χ0v) is 20.0. The van der Waals surface area contributed by atoms with Gasteiger partial charge in [-0.05, 0) is 25.3 Å². The Labute approximate surface area is 208 Å². The van der Waals surface area contributed by atoms with E-state index in [0.717, 1.165) is 0 Å². The van der Waals surface area contributed by atoms with E-state index in [0.29, 0.717) is 12.0 Å². The predicted molar refractivity (Wildman–Crippen MR) is 130 cm³/mol. The van der Waals surface area contributed by atoms with Crippen molar-refractivity contribution in [2.75, 3.05) is 13.2 Å². The molecule has 0 fully saturated rings. The van der Waals surface area contributed by atoms with Gasteiger partial charge >= 0.3 is 5.97 Å². The maximum absolute atomic E-state index is 12.7. The molecule has 0 aliphatic heterocycles. The molecule has 5 atom stereocenters. The third-order valence-corrected chi connectivity index (χ3v) is 5.08. The molecule has 14 nitrogen and oxygen atoms in total. The minimum absolute atomic E-state index is 0.0264. The van der Waals surface area contributed by atoms with E-state index in [-0.39, 0.29) is 25.3 Å². The van der Waals surface area contributed by atoms with E-state index < -0.39 is 60.6 Å². The number of benzene rings is 1. The van der Waals surface area contributed by atoms with E-state index in [4.69, 9.17) is 17.2 Å². The lowest BCUT2D eigenvalue weighted by molar-refractivity contribution is -0.142. The highest BCUT2D eigenvalue weighted by atomic mass is 16.4. The average Bonchev–Trinajstić information content (AvgIpc) is 2.82. The number of aliphatic imine (C=N–C) groups is 1. The summed E-state index contributed by atoms with van der Waals surface area (Å²) in [5.41, 5.74) is 16.9. The molecule has 0 aliphatic rings. The fourth-order valence-electron chi connectivity index (χ4n) is 3.09. The van der Waals surface area contributed by atoms with E-state index in [1.807, 2.05) is 0 Å². The van der Waals surface area contributed by atoms with Crippen molar-refractivity contribution in [2.24, 2.45) is 22.2 Å². The van der Waals surface area contributed by atoms with Crippen LogP contribution < -0.4 is 33.2 Å². The molecule has 200 valence electrons. The van der Waals surface area contributed by atoms with Gasteiger partial charge in [-0.15, -0.1) is 0 Å². The van der Waals surface area contributed by atoms with Crippen molar-refractivity contribution in [1.82, 2.24) is 16.0 Å². The van der Waals surface area contributed by atoms with Gasteiger partial charge < -0.3 is 48.5 Å². The molecule has 0 aliphatic carbocycles. The summed E-state index contributed by atoms with van der Waals surface area (Å²) >= 11 is 0. The smallest absolute Gasteiger partial charge is 0.326 e. The number of hydrogen-bond acceptors (Lipinski definition) is 8. The number of aliphatic hydroxyl groups is 2. The standard InChI is InChI=1S/C22H35N7O7/c1-12(31)17(29-18(32)14(23)8-5-9-26-22(24)25)20(34)28-16(11-30)19(33)27-15(21(35)36)10-13-6-3-2-4-7-13/h2-4,6-7,12,14-17,30-31H,5,8-11,23H2,1H3,(H,27,33)(H,28,34)(H,29,32)(H,35,36)(H4,24,25,26). The molecule has 1 rings (SSSR count). The maximum Gasteiger partial charge on any atom is 0.326 e. The van der Waals surface area contributed by atoms with Crippen molar-refractivity contribution in [3.63, 3.8) is 0 Å². The summed E-state index contributed by atoms with van der Waals surface area (Å²) in [5, 5.41) is 35.9. The summed E-state index contributed by atoms with van der Waals surface area (Å²) in [6.07, 6.45) is -0.828. The number of carbonyl (C=O) groups excluding carboxylic acids is 3. The lowest BCUT2D eigenvalue weighted by Gasteiger charge is -2.25. The number of nitrogens with two attached hydrogens (primary N) is 3. The molecular weight excluding hydrogens is 474 g/mol. The van der Waals surface area contributed by atoms with E-state index in [1.165, 1.54) is 6.92 Å². The zero-order chi connectivity index (χ0) is 27.3. The van der Waals surface area contributed by atoms with Crippen LogP contribution >= 0.6 is 0 Å². The third kappa shape index (κ3) is 10.7. The quantitative estimate of drug-likeness (QED) is 0.0640. The van der Waals surface area contributed by atoms with Crippen LogP contribution in [0.15, 0.2) is 35.3 Å². The van der Waals surface area contributed by atoms with Crippen LogP contribution in [0, 0.1) is 0 Å². The molecule has 36 heavy (non-hydrogen) atoms. The van der Waals surface area contributed by atoms with Crippen molar-refractivity contribution in [1.29, 1.82) is 0 Å². The molecule has 12 N–H and O–H groups in total. The third-order valence-electron chi connectivity index (χ3n) is 5.08. The Morgan fingerprint density at radius 2 is 1.58 bits per heavy atom. The maximum atomic E-state index is 12.7. The fraction of sp³-hybridized carbons (Fsp3) is 0.500. The SMILES string of the molecule is CC(O)C(NC(=O)C(N)CCCN=C(N)N)C(=O)NC(CO)C(=O)NC(Cc1ccccc1)C(=O)O. The first-order valence-electron chi connectivity index (χ1n) is 11.2. The Bertz CT molecular complexity index is 907. The van der Waals surface area contributed by atoms with Crippen LogP contribution in [-0.2, 0) is 25.6 Å². The van der Waals surface area contributed by atoms with E-state index in [2.05, 4.69) is 20.9 Å². The van der Waals surface area contributed by atoms with Crippen molar-refractivity contribution in [3.8, 4) is 0 Å². The van der Waals surface area contributed by atoms with Crippen LogP contribution in [0.1, 0.15) is 25.3 Å². The summed E-state index contributed by atoms with van der Waals surface area (Å²) in [5.74, 6) is -4.08. The Morgan fingerprint density at radius 1 is 0.972 bits per heavy atom. The van der Waals surface area contributed by atoms with Crippen LogP contribution in [-0.4, -0.2) is 88.4 Å². The molecule has 0 aromatic heterocycles. The summed E-state index contributed by atoms with van der Waals surface area (Å²) in [7, 11) is 0. The largest absolute Gasteiger partial charge is 0.480 e. The number of guanidine groups is 1. The average molecular weight is 510 g/mol. The molecular formula is C22H35N7O7. The summed E-state index contributed by atoms with van der Waals surface area (Å²) in [4.78, 5) is 53.0. The Morgan fingerprint density at radius 3 is 2.11 bits per heavy atom. The second-order valence-corrected chi connectivity index (χ2v) is 8.12. The van der Waals surface area contributed by atoms with E-state index >= 15 is 0 Å². The summed E-state index contributed by atoms with van der Waals surface area (Å²) in [6.45, 7) is 0.627. The van der Waals surface area contributed by atoms with Gasteiger partial charge in [-0.2, -0.15) is 0 Å². The molecule has 5 unspecified atom stereocenters. The van der Waals surface area contributed by atoms with Crippen LogP contribution in [0.3, 0.4) is 0 Å². The number of nitrogens with one attached hydrogen (secondary N) is 3. The highest BCUT2D eigenvalue weighted by Crippen LogP contribution is 2.05. The van der Waals surface area contributed by atoms with Gasteiger partial charge in [0, 0.05) is 13.0 Å². The summed E-state index contributed by atoms with van der Waals surface area (Å²) < 4.78 is 0. The van der Waals surface area contributed by atoms with Gasteiger partial charge in [0.25, 0.3) is 0 Å². The van der Waals surface area contributed by atoms with Gasteiger partial charge in [0.15, 0.2) is 5.96 Å². The van der Waals surface area contributed by atoms with Gasteiger partial charge in [0.1, 0.15) is 18.1 Å². The van der Waals surface area contributed by atoms with Crippen molar-refractivity contribution in [2.45, 2.75) is 56.5 Å². The monoisotopic (exact) mass is 509 g/mol. The molecule has 0 radical (unpaired) electrons. The zero-order valence-electron chi connectivity index (χ0n) is 20.0. The first-order chi connectivity index (χ1) is 17.0. The van der Waals surface area contributed by atoms with E-state index in [9.17, 15) is 34.5 Å². The molecule has 0 saturated carbocycles. The first kappa shape index (κ1) is 30.3. The van der Waals surface area contributed by atoms with Gasteiger partial charge in [-0.25, -0.2) is 4.79 Å². The minimum Gasteiger partial charge on any atom is -0.480 e. The number of hydrogen-bond donors (Lipinski definition) is 9. The number of carboxylic acids is 1. The molecule has 3 amide bonds. The normalized spacial score (nSPS) is 14.9. The van der Waals surface area contributed by atoms with Crippen molar-refractivity contribution >= 4 is 29.7 Å². The molecule has 1 aromatic carbocycles. The van der Waals surface area contributed by atoms with Gasteiger partial charge in [0.05, 0.1) is 18.8 Å². The second-order valence-electron chi connectivity index (χ2n) is 8.12. The topological polar surface area (TPSA) is 255 Å². The second kappa shape index (κ2) is 15.3. The van der Waals surface area contributed by atoms with Crippen molar-refractivity contribution < 1.29 is 34.5 Å². The molecule has 0 bridgehead atoms.